The molecule has 3 aromatic rings. The van der Waals surface area contributed by atoms with E-state index in [1.54, 1.807) is 0 Å². The first-order valence-corrected chi connectivity index (χ1v) is 11.3. The maximum absolute atomic E-state index is 11.3. The molecule has 0 spiro atoms. The van der Waals surface area contributed by atoms with Crippen LogP contribution in [0.15, 0.2) is 66.7 Å². The zero-order valence-electron chi connectivity index (χ0n) is 18.9. The third-order valence-corrected chi connectivity index (χ3v) is 6.41. The monoisotopic (exact) mass is 429 g/mol. The van der Waals surface area contributed by atoms with Gasteiger partial charge in [-0.25, -0.2) is 0 Å². The predicted octanol–water partition coefficient (Wildman–Crippen LogP) is 5.85. The third kappa shape index (κ3) is 5.20. The number of likely N-dealkylation sites (tertiary alicyclic amines) is 1. The van der Waals surface area contributed by atoms with Crippen LogP contribution in [0, 0.1) is 19.8 Å². The molecule has 1 atom stereocenters. The molecule has 1 aliphatic rings. The summed E-state index contributed by atoms with van der Waals surface area (Å²) in [5.74, 6) is -0.0380. The van der Waals surface area contributed by atoms with Crippen molar-refractivity contribution < 1.29 is 14.6 Å². The molecule has 0 aliphatic carbocycles. The van der Waals surface area contributed by atoms with Gasteiger partial charge in [0.1, 0.15) is 12.4 Å². The van der Waals surface area contributed by atoms with Gasteiger partial charge < -0.3 is 9.84 Å². The van der Waals surface area contributed by atoms with E-state index in [0.29, 0.717) is 13.2 Å². The first-order chi connectivity index (χ1) is 15.5. The number of nitrogens with zero attached hydrogens (tertiary/aromatic N) is 1. The van der Waals surface area contributed by atoms with Crippen molar-refractivity contribution in [2.45, 2.75) is 39.8 Å². The van der Waals surface area contributed by atoms with E-state index in [9.17, 15) is 9.90 Å². The van der Waals surface area contributed by atoms with Crippen molar-refractivity contribution in [1.82, 2.24) is 4.90 Å². The largest absolute Gasteiger partial charge is 0.489 e. The van der Waals surface area contributed by atoms with E-state index < -0.39 is 5.97 Å². The minimum Gasteiger partial charge on any atom is -0.489 e. The summed E-state index contributed by atoms with van der Waals surface area (Å²) >= 11 is 0. The number of carboxylic acids is 1. The third-order valence-electron chi connectivity index (χ3n) is 6.41. The van der Waals surface area contributed by atoms with Gasteiger partial charge in [0.2, 0.25) is 0 Å². The average Bonchev–Trinajstić information content (AvgIpc) is 2.80. The second-order valence-corrected chi connectivity index (χ2v) is 8.76. The van der Waals surface area contributed by atoms with Crippen LogP contribution in [-0.4, -0.2) is 29.1 Å². The summed E-state index contributed by atoms with van der Waals surface area (Å²) in [5.41, 5.74) is 7.18. The van der Waals surface area contributed by atoms with Gasteiger partial charge in [-0.15, -0.1) is 0 Å². The van der Waals surface area contributed by atoms with Gasteiger partial charge in [-0.05, 0) is 72.7 Å². The Morgan fingerprint density at radius 3 is 2.62 bits per heavy atom. The number of piperidine rings is 1. The smallest absolute Gasteiger partial charge is 0.307 e. The highest BCUT2D eigenvalue weighted by Gasteiger charge is 2.25. The quantitative estimate of drug-likeness (QED) is 0.512. The molecule has 32 heavy (non-hydrogen) atoms. The van der Waals surface area contributed by atoms with Gasteiger partial charge >= 0.3 is 5.97 Å². The van der Waals surface area contributed by atoms with Crippen LogP contribution in [0.4, 0.5) is 0 Å². The lowest BCUT2D eigenvalue weighted by molar-refractivity contribution is -0.143. The molecule has 3 aromatic carbocycles. The Balaban J connectivity index is 1.41. The van der Waals surface area contributed by atoms with E-state index in [-0.39, 0.29) is 5.92 Å². The summed E-state index contributed by atoms with van der Waals surface area (Å²) in [6, 6.07) is 23.1. The van der Waals surface area contributed by atoms with Crippen molar-refractivity contribution in [2.75, 3.05) is 13.1 Å². The molecule has 0 radical (unpaired) electrons. The first kappa shape index (κ1) is 22.1. The molecule has 0 saturated carbocycles. The van der Waals surface area contributed by atoms with Crippen LogP contribution in [0.5, 0.6) is 5.75 Å². The number of rotatable bonds is 7. The van der Waals surface area contributed by atoms with Gasteiger partial charge in [0, 0.05) is 13.1 Å². The molecule has 1 fully saturated rings. The van der Waals surface area contributed by atoms with Crippen molar-refractivity contribution in [3.05, 3.63) is 89.0 Å². The van der Waals surface area contributed by atoms with Crippen LogP contribution < -0.4 is 4.74 Å². The number of ether oxygens (including phenoxy) is 1. The molecule has 0 bridgehead atoms. The summed E-state index contributed by atoms with van der Waals surface area (Å²) in [6.45, 7) is 7.12. The van der Waals surface area contributed by atoms with E-state index in [1.807, 2.05) is 12.1 Å². The molecule has 4 nitrogen and oxygen atoms in total. The van der Waals surface area contributed by atoms with Crippen molar-refractivity contribution >= 4 is 5.97 Å². The van der Waals surface area contributed by atoms with Crippen LogP contribution in [0.3, 0.4) is 0 Å². The molecule has 4 rings (SSSR count). The van der Waals surface area contributed by atoms with E-state index >= 15 is 0 Å². The van der Waals surface area contributed by atoms with Gasteiger partial charge in [0.05, 0.1) is 5.92 Å². The number of aliphatic carboxylic acids is 1. The molecule has 0 amide bonds. The highest BCUT2D eigenvalue weighted by molar-refractivity contribution is 5.70. The van der Waals surface area contributed by atoms with E-state index in [2.05, 4.69) is 73.3 Å². The highest BCUT2D eigenvalue weighted by atomic mass is 16.5. The average molecular weight is 430 g/mol. The zero-order chi connectivity index (χ0) is 22.5. The SMILES string of the molecule is Cc1cc(CN2CCCC(C(=O)O)C2)ccc1OCc1cccc(-c2ccccc2)c1C. The normalized spacial score (nSPS) is 16.6. The Morgan fingerprint density at radius 2 is 1.88 bits per heavy atom. The fourth-order valence-electron chi connectivity index (χ4n) is 4.56. The summed E-state index contributed by atoms with van der Waals surface area (Å²) in [6.07, 6.45) is 1.72. The number of carbonyl (C=O) groups is 1. The fraction of sp³-hybridized carbons (Fsp3) is 0.321. The molecule has 1 aliphatic heterocycles. The minimum atomic E-state index is -0.679. The number of hydrogen-bond acceptors (Lipinski definition) is 3. The molecule has 1 heterocycles. The number of carboxylic acid groups (broad SMARTS) is 1. The summed E-state index contributed by atoms with van der Waals surface area (Å²) in [7, 11) is 0. The molecular formula is C28H31NO3. The second-order valence-electron chi connectivity index (χ2n) is 8.76. The second kappa shape index (κ2) is 10.0. The van der Waals surface area contributed by atoms with Gasteiger partial charge in [0.25, 0.3) is 0 Å². The Morgan fingerprint density at radius 1 is 1.06 bits per heavy atom. The minimum absolute atomic E-state index is 0.248. The summed E-state index contributed by atoms with van der Waals surface area (Å²) in [5, 5.41) is 9.31. The van der Waals surface area contributed by atoms with Crippen LogP contribution in [0.25, 0.3) is 11.1 Å². The van der Waals surface area contributed by atoms with Gasteiger partial charge in [0.15, 0.2) is 0 Å². The molecule has 1 saturated heterocycles. The molecule has 1 unspecified atom stereocenters. The number of benzene rings is 3. The lowest BCUT2D eigenvalue weighted by Crippen LogP contribution is -2.38. The van der Waals surface area contributed by atoms with Crippen molar-refractivity contribution in [3.8, 4) is 16.9 Å². The van der Waals surface area contributed by atoms with Crippen LogP contribution in [0.2, 0.25) is 0 Å². The molecule has 4 heteroatoms. The van der Waals surface area contributed by atoms with Crippen molar-refractivity contribution in [3.63, 3.8) is 0 Å². The van der Waals surface area contributed by atoms with Gasteiger partial charge in [-0.2, -0.15) is 0 Å². The fourth-order valence-corrected chi connectivity index (χ4v) is 4.56. The molecule has 1 N–H and O–H groups in total. The lowest BCUT2D eigenvalue weighted by Gasteiger charge is -2.30. The lowest BCUT2D eigenvalue weighted by atomic mass is 9.97. The molecule has 0 aromatic heterocycles. The van der Waals surface area contributed by atoms with Crippen LogP contribution in [-0.2, 0) is 17.9 Å². The first-order valence-electron chi connectivity index (χ1n) is 11.3. The van der Waals surface area contributed by atoms with E-state index in [4.69, 9.17) is 4.74 Å². The predicted molar refractivity (Wildman–Crippen MR) is 128 cm³/mol. The Kier molecular flexibility index (Phi) is 6.91. The standard InChI is InChI=1S/C28H31NO3/c1-20-16-22(17-29-15-7-11-24(18-29)28(30)31)13-14-27(20)32-19-25-10-6-12-26(21(25)2)23-8-4-3-5-9-23/h3-6,8-10,12-14,16,24H,7,11,15,17-19H2,1-2H3,(H,30,31). The topological polar surface area (TPSA) is 49.8 Å². The summed E-state index contributed by atoms with van der Waals surface area (Å²) in [4.78, 5) is 13.6. The van der Waals surface area contributed by atoms with Gasteiger partial charge in [-0.1, -0.05) is 60.7 Å². The maximum atomic E-state index is 11.3. The molecular weight excluding hydrogens is 398 g/mol. The van der Waals surface area contributed by atoms with Gasteiger partial charge in [-0.3, -0.25) is 9.69 Å². The Bertz CT molecular complexity index is 1080. The summed E-state index contributed by atoms with van der Waals surface area (Å²) < 4.78 is 6.20. The number of aryl methyl sites for hydroxylation is 1. The maximum Gasteiger partial charge on any atom is 0.307 e. The van der Waals surface area contributed by atoms with E-state index in [0.717, 1.165) is 37.2 Å². The zero-order valence-corrected chi connectivity index (χ0v) is 18.9. The van der Waals surface area contributed by atoms with Crippen LogP contribution >= 0.6 is 0 Å². The highest BCUT2D eigenvalue weighted by Crippen LogP contribution is 2.28. The molecule has 166 valence electrons. The van der Waals surface area contributed by atoms with Crippen molar-refractivity contribution in [2.24, 2.45) is 5.92 Å². The van der Waals surface area contributed by atoms with Crippen molar-refractivity contribution in [1.29, 1.82) is 0 Å². The Labute approximate surface area is 190 Å². The van der Waals surface area contributed by atoms with Crippen LogP contribution in [0.1, 0.15) is 35.1 Å². The Hall–Kier alpha value is -3.11. The van der Waals surface area contributed by atoms with E-state index in [1.165, 1.54) is 27.8 Å². The number of hydrogen-bond donors (Lipinski definition) is 1.